The Labute approximate surface area is 200 Å². The fourth-order valence-electron chi connectivity index (χ4n) is 3.50. The number of halogens is 2. The van der Waals surface area contributed by atoms with Crippen molar-refractivity contribution in [3.8, 4) is 5.75 Å². The fraction of sp³-hybridized carbons (Fsp3) is 0.0909. The lowest BCUT2D eigenvalue weighted by Crippen LogP contribution is -2.53. The van der Waals surface area contributed by atoms with Crippen molar-refractivity contribution in [2.45, 2.75) is 12.6 Å². The summed E-state index contributed by atoms with van der Waals surface area (Å²) in [6.07, 6.45) is 1.37. The molecule has 1 aliphatic heterocycles. The molecule has 8 nitrogen and oxygen atoms in total. The fourth-order valence-corrected chi connectivity index (χ4v) is 4.76. The summed E-state index contributed by atoms with van der Waals surface area (Å²) in [5, 5.41) is 30.6. The third-order valence-corrected chi connectivity index (χ3v) is 6.20. The number of fused-ring (bicyclic) bond motifs is 1. The summed E-state index contributed by atoms with van der Waals surface area (Å²) in [4.78, 5) is 24.3. The van der Waals surface area contributed by atoms with Crippen LogP contribution in [0.5, 0.6) is 5.75 Å². The van der Waals surface area contributed by atoms with Gasteiger partial charge in [0.05, 0.1) is 21.2 Å². The van der Waals surface area contributed by atoms with Crippen LogP contribution >= 0.6 is 31.9 Å². The first-order valence-corrected chi connectivity index (χ1v) is 11.0. The van der Waals surface area contributed by atoms with E-state index in [-0.39, 0.29) is 11.4 Å². The SMILES string of the molecule is C[C@@]1(c2cccc([N+](=O)[O-])c2)Nc2ccccc2C(=O)N1/N=C\c1cc(Br)cc(Br)c1O. The number of aromatic hydroxyl groups is 1. The minimum absolute atomic E-state index is 0.0354. The Morgan fingerprint density at radius 2 is 1.91 bits per heavy atom. The number of hydrogen-bond donors (Lipinski definition) is 2. The summed E-state index contributed by atoms with van der Waals surface area (Å²) in [7, 11) is 0. The van der Waals surface area contributed by atoms with Gasteiger partial charge in [-0.05, 0) is 47.1 Å². The van der Waals surface area contributed by atoms with Gasteiger partial charge in [0.2, 0.25) is 0 Å². The Hall–Kier alpha value is -3.24. The molecule has 162 valence electrons. The lowest BCUT2D eigenvalue weighted by Gasteiger charge is -2.43. The zero-order chi connectivity index (χ0) is 23.0. The maximum atomic E-state index is 13.4. The molecule has 1 aliphatic rings. The molecule has 0 bridgehead atoms. The number of phenols is 1. The number of phenolic OH excluding ortho intramolecular Hbond substituents is 1. The number of hydrogen-bond acceptors (Lipinski definition) is 6. The summed E-state index contributed by atoms with van der Waals surface area (Å²) in [6.45, 7) is 1.72. The first kappa shape index (κ1) is 22.0. The monoisotopic (exact) mass is 558 g/mol. The summed E-state index contributed by atoms with van der Waals surface area (Å²) in [6, 6.07) is 16.4. The second-order valence-corrected chi connectivity index (χ2v) is 9.01. The molecule has 0 aliphatic carbocycles. The second-order valence-electron chi connectivity index (χ2n) is 7.24. The largest absolute Gasteiger partial charge is 0.506 e. The normalized spacial score (nSPS) is 17.8. The molecule has 0 saturated carbocycles. The van der Waals surface area contributed by atoms with E-state index in [1.807, 2.05) is 0 Å². The van der Waals surface area contributed by atoms with Crippen LogP contribution in [0.1, 0.15) is 28.4 Å². The number of nitrogens with zero attached hydrogens (tertiary/aromatic N) is 3. The number of nitro benzene ring substituents is 1. The van der Waals surface area contributed by atoms with Crippen molar-refractivity contribution >= 4 is 55.4 Å². The predicted octanol–water partition coefficient (Wildman–Crippen LogP) is 5.60. The highest BCUT2D eigenvalue weighted by molar-refractivity contribution is 9.11. The van der Waals surface area contributed by atoms with Gasteiger partial charge < -0.3 is 10.4 Å². The number of amides is 1. The molecule has 0 unspecified atom stereocenters. The molecule has 4 rings (SSSR count). The zero-order valence-electron chi connectivity index (χ0n) is 16.6. The quantitative estimate of drug-likeness (QED) is 0.246. The van der Waals surface area contributed by atoms with Gasteiger partial charge in [-0.15, -0.1) is 0 Å². The topological polar surface area (TPSA) is 108 Å². The predicted molar refractivity (Wildman–Crippen MR) is 128 cm³/mol. The van der Waals surface area contributed by atoms with Gasteiger partial charge in [0.15, 0.2) is 5.66 Å². The number of carbonyl (C=O) groups excluding carboxylic acids is 1. The molecule has 0 radical (unpaired) electrons. The van der Waals surface area contributed by atoms with E-state index >= 15 is 0 Å². The number of non-ortho nitro benzene ring substituents is 1. The molecule has 2 N–H and O–H groups in total. The van der Waals surface area contributed by atoms with Crippen LogP contribution in [0.3, 0.4) is 0 Å². The van der Waals surface area contributed by atoms with Gasteiger partial charge in [-0.2, -0.15) is 10.1 Å². The summed E-state index contributed by atoms with van der Waals surface area (Å²) in [5.41, 5.74) is 0.519. The van der Waals surface area contributed by atoms with Gasteiger partial charge in [-0.3, -0.25) is 14.9 Å². The molecule has 0 spiro atoms. The second kappa shape index (κ2) is 8.36. The first-order valence-electron chi connectivity index (χ1n) is 9.39. The van der Waals surface area contributed by atoms with Crippen molar-refractivity contribution in [1.29, 1.82) is 0 Å². The standard InChI is InChI=1S/C22H16Br2N4O4/c1-22(14-5-4-6-16(10-14)28(31)32)26-19-8-3-2-7-17(19)21(30)27(22)25-12-13-9-15(23)11-18(24)20(13)29/h2-12,26,29H,1H3/b25-12-/t22-/m1/s1. The lowest BCUT2D eigenvalue weighted by molar-refractivity contribution is -0.385. The van der Waals surface area contributed by atoms with Crippen LogP contribution in [0.4, 0.5) is 11.4 Å². The van der Waals surface area contributed by atoms with E-state index in [1.54, 1.807) is 55.5 Å². The third kappa shape index (κ3) is 3.87. The molecule has 0 saturated heterocycles. The maximum absolute atomic E-state index is 13.4. The van der Waals surface area contributed by atoms with Crippen LogP contribution in [-0.2, 0) is 5.66 Å². The molecule has 0 fully saturated rings. The lowest BCUT2D eigenvalue weighted by atomic mass is 9.95. The van der Waals surface area contributed by atoms with Crippen LogP contribution in [0, 0.1) is 10.1 Å². The van der Waals surface area contributed by atoms with E-state index in [9.17, 15) is 20.0 Å². The number of anilines is 1. The average Bonchev–Trinajstić information content (AvgIpc) is 2.76. The van der Waals surface area contributed by atoms with Gasteiger partial charge in [-0.25, -0.2) is 0 Å². The van der Waals surface area contributed by atoms with Gasteiger partial charge in [0.25, 0.3) is 11.6 Å². The zero-order valence-corrected chi connectivity index (χ0v) is 19.8. The van der Waals surface area contributed by atoms with Gasteiger partial charge in [0, 0.05) is 33.4 Å². The van der Waals surface area contributed by atoms with Crippen LogP contribution in [0.15, 0.2) is 74.7 Å². The first-order chi connectivity index (χ1) is 15.2. The highest BCUT2D eigenvalue weighted by Gasteiger charge is 2.43. The molecule has 10 heteroatoms. The number of rotatable bonds is 4. The third-order valence-electron chi connectivity index (χ3n) is 5.14. The molecule has 32 heavy (non-hydrogen) atoms. The Morgan fingerprint density at radius 3 is 2.66 bits per heavy atom. The molecule has 3 aromatic rings. The van der Waals surface area contributed by atoms with Crippen molar-refractivity contribution in [2.24, 2.45) is 5.10 Å². The van der Waals surface area contributed by atoms with Crippen molar-refractivity contribution < 1.29 is 14.8 Å². The molecule has 0 aromatic heterocycles. The highest BCUT2D eigenvalue weighted by atomic mass is 79.9. The van der Waals surface area contributed by atoms with Crippen molar-refractivity contribution in [3.05, 3.63) is 96.4 Å². The summed E-state index contributed by atoms with van der Waals surface area (Å²) >= 11 is 6.65. The van der Waals surface area contributed by atoms with Gasteiger partial charge >= 0.3 is 0 Å². The number of carbonyl (C=O) groups is 1. The molecule has 3 aromatic carbocycles. The summed E-state index contributed by atoms with van der Waals surface area (Å²) in [5.74, 6) is -0.426. The highest BCUT2D eigenvalue weighted by Crippen LogP contribution is 2.39. The Kier molecular flexibility index (Phi) is 5.74. The number of hydrazone groups is 1. The minimum atomic E-state index is -1.23. The summed E-state index contributed by atoms with van der Waals surface area (Å²) < 4.78 is 1.17. The van der Waals surface area contributed by atoms with Gasteiger partial charge in [-0.1, -0.05) is 40.2 Å². The smallest absolute Gasteiger partial charge is 0.278 e. The average molecular weight is 560 g/mol. The van der Waals surface area contributed by atoms with Crippen LogP contribution in [0.2, 0.25) is 0 Å². The van der Waals surface area contributed by atoms with E-state index in [4.69, 9.17) is 0 Å². The molecule has 1 heterocycles. The Balaban J connectivity index is 1.86. The van der Waals surface area contributed by atoms with E-state index in [0.29, 0.717) is 31.3 Å². The molecule has 1 atom stereocenters. The minimum Gasteiger partial charge on any atom is -0.506 e. The number of nitrogens with one attached hydrogen (secondary N) is 1. The number of para-hydroxylation sites is 1. The maximum Gasteiger partial charge on any atom is 0.278 e. The van der Waals surface area contributed by atoms with E-state index < -0.39 is 16.5 Å². The van der Waals surface area contributed by atoms with Crippen LogP contribution in [0.25, 0.3) is 0 Å². The van der Waals surface area contributed by atoms with Crippen LogP contribution in [-0.4, -0.2) is 27.2 Å². The van der Waals surface area contributed by atoms with Crippen molar-refractivity contribution in [3.63, 3.8) is 0 Å². The van der Waals surface area contributed by atoms with E-state index in [0.717, 1.165) is 0 Å². The Bertz CT molecular complexity index is 1280. The number of nitro groups is 1. The van der Waals surface area contributed by atoms with Crippen LogP contribution < -0.4 is 5.32 Å². The van der Waals surface area contributed by atoms with E-state index in [2.05, 4.69) is 42.3 Å². The Morgan fingerprint density at radius 1 is 1.16 bits per heavy atom. The molecular formula is C22H16Br2N4O4. The molecular weight excluding hydrogens is 544 g/mol. The van der Waals surface area contributed by atoms with Crippen molar-refractivity contribution in [2.75, 3.05) is 5.32 Å². The van der Waals surface area contributed by atoms with Gasteiger partial charge in [0.1, 0.15) is 5.75 Å². The van der Waals surface area contributed by atoms with Crippen molar-refractivity contribution in [1.82, 2.24) is 5.01 Å². The number of benzene rings is 3. The molecule has 1 amide bonds. The van der Waals surface area contributed by atoms with E-state index in [1.165, 1.54) is 23.4 Å².